The number of nitrogens with zero attached hydrogens (tertiary/aromatic N) is 2. The third-order valence-electron chi connectivity index (χ3n) is 4.45. The van der Waals surface area contributed by atoms with Crippen LogP contribution >= 0.6 is 0 Å². The number of hydrogen-bond donors (Lipinski definition) is 0. The zero-order valence-corrected chi connectivity index (χ0v) is 16.6. The van der Waals surface area contributed by atoms with E-state index in [-0.39, 0.29) is 0 Å². The Balaban J connectivity index is 1.73. The molecule has 146 valence electrons. The van der Waals surface area contributed by atoms with Crippen LogP contribution in [0.2, 0.25) is 0 Å². The van der Waals surface area contributed by atoms with Crippen LogP contribution < -0.4 is 14.4 Å². The third kappa shape index (κ3) is 5.02. The van der Waals surface area contributed by atoms with Gasteiger partial charge in [-0.3, -0.25) is 0 Å². The molecule has 0 radical (unpaired) electrons. The van der Waals surface area contributed by atoms with Gasteiger partial charge in [0.25, 0.3) is 0 Å². The molecular formula is C23H26N2O3. The van der Waals surface area contributed by atoms with E-state index in [0.29, 0.717) is 19.1 Å². The fourth-order valence-corrected chi connectivity index (χ4v) is 2.83. The molecule has 5 nitrogen and oxygen atoms in total. The summed E-state index contributed by atoms with van der Waals surface area (Å²) < 4.78 is 16.7. The lowest BCUT2D eigenvalue weighted by Gasteiger charge is -2.22. The van der Waals surface area contributed by atoms with Gasteiger partial charge >= 0.3 is 0 Å². The molecule has 2 aromatic carbocycles. The lowest BCUT2D eigenvalue weighted by molar-refractivity contribution is 0.146. The molecule has 0 atom stereocenters. The molecule has 0 N–H and O–H groups in total. The van der Waals surface area contributed by atoms with E-state index in [4.69, 9.17) is 14.2 Å². The molecule has 0 aliphatic heterocycles. The van der Waals surface area contributed by atoms with Gasteiger partial charge in [0, 0.05) is 43.9 Å². The van der Waals surface area contributed by atoms with Gasteiger partial charge in [0.1, 0.15) is 18.1 Å². The second-order valence-corrected chi connectivity index (χ2v) is 6.31. The van der Waals surface area contributed by atoms with Crippen molar-refractivity contribution in [3.63, 3.8) is 0 Å². The maximum Gasteiger partial charge on any atom is 0.219 e. The Hall–Kier alpha value is -3.05. The van der Waals surface area contributed by atoms with Gasteiger partial charge in [-0.25, -0.2) is 4.98 Å². The Morgan fingerprint density at radius 2 is 1.71 bits per heavy atom. The fraction of sp³-hybridized carbons (Fsp3) is 0.261. The first-order valence-electron chi connectivity index (χ1n) is 9.38. The van der Waals surface area contributed by atoms with Crippen LogP contribution in [-0.4, -0.2) is 32.4 Å². The Morgan fingerprint density at radius 3 is 2.39 bits per heavy atom. The van der Waals surface area contributed by atoms with Crippen molar-refractivity contribution in [1.29, 1.82) is 0 Å². The van der Waals surface area contributed by atoms with E-state index in [2.05, 4.69) is 35.0 Å². The highest BCUT2D eigenvalue weighted by atomic mass is 16.5. The number of benzene rings is 2. The highest BCUT2D eigenvalue weighted by Crippen LogP contribution is 2.31. The Kier molecular flexibility index (Phi) is 6.87. The van der Waals surface area contributed by atoms with E-state index < -0.39 is 0 Å². The number of aryl methyl sites for hydroxylation is 1. The fourth-order valence-electron chi connectivity index (χ4n) is 2.83. The summed E-state index contributed by atoms with van der Waals surface area (Å²) in [6, 6.07) is 19.8. The van der Waals surface area contributed by atoms with Crippen molar-refractivity contribution < 1.29 is 14.2 Å². The highest BCUT2D eigenvalue weighted by Gasteiger charge is 2.09. The molecule has 0 saturated heterocycles. The first kappa shape index (κ1) is 19.7. The van der Waals surface area contributed by atoms with Crippen LogP contribution in [0.4, 0.5) is 11.4 Å². The number of hydrogen-bond acceptors (Lipinski definition) is 5. The quantitative estimate of drug-likeness (QED) is 0.477. The largest absolute Gasteiger partial charge is 0.491 e. The number of anilines is 2. The summed E-state index contributed by atoms with van der Waals surface area (Å²) in [6.07, 6.45) is 2.63. The maximum atomic E-state index is 5.90. The molecule has 0 aliphatic rings. The molecule has 0 spiro atoms. The minimum atomic E-state index is 0.538. The maximum absolute atomic E-state index is 5.90. The summed E-state index contributed by atoms with van der Waals surface area (Å²) in [7, 11) is 3.71. The summed E-state index contributed by atoms with van der Waals surface area (Å²) in [5.41, 5.74) is 3.30. The predicted molar refractivity (Wildman–Crippen MR) is 112 cm³/mol. The van der Waals surface area contributed by atoms with E-state index >= 15 is 0 Å². The molecule has 0 aliphatic carbocycles. The van der Waals surface area contributed by atoms with Gasteiger partial charge in [-0.15, -0.1) is 0 Å². The summed E-state index contributed by atoms with van der Waals surface area (Å²) in [5, 5.41) is 0. The molecule has 3 rings (SSSR count). The number of methoxy groups -OCH3 is 1. The van der Waals surface area contributed by atoms with Crippen molar-refractivity contribution >= 4 is 11.4 Å². The van der Waals surface area contributed by atoms with Crippen molar-refractivity contribution in [2.24, 2.45) is 0 Å². The van der Waals surface area contributed by atoms with Gasteiger partial charge in [-0.05, 0) is 48.4 Å². The Bertz CT molecular complexity index is 867. The third-order valence-corrected chi connectivity index (χ3v) is 4.45. The van der Waals surface area contributed by atoms with Gasteiger partial charge in [0.05, 0.1) is 6.61 Å². The average Bonchev–Trinajstić information content (AvgIpc) is 2.74. The predicted octanol–water partition coefficient (Wildman–Crippen LogP) is 5.23. The van der Waals surface area contributed by atoms with Gasteiger partial charge in [0.15, 0.2) is 0 Å². The van der Waals surface area contributed by atoms with Gasteiger partial charge in [-0.1, -0.05) is 19.1 Å². The summed E-state index contributed by atoms with van der Waals surface area (Å²) >= 11 is 0. The highest BCUT2D eigenvalue weighted by molar-refractivity contribution is 5.65. The van der Waals surface area contributed by atoms with E-state index in [9.17, 15) is 0 Å². The van der Waals surface area contributed by atoms with E-state index in [1.165, 1.54) is 5.56 Å². The standard InChI is InChI=1S/C23H26N2O3/c1-4-18-8-9-20(17-22(18)27-16-15-26-3)25(2)19-10-12-21(13-11-19)28-23-7-5-6-14-24-23/h5-14,17H,4,15-16H2,1-3H3. The zero-order valence-electron chi connectivity index (χ0n) is 16.6. The average molecular weight is 378 g/mol. The molecule has 5 heteroatoms. The van der Waals surface area contributed by atoms with Crippen molar-refractivity contribution in [3.05, 3.63) is 72.4 Å². The van der Waals surface area contributed by atoms with Crippen molar-refractivity contribution in [3.8, 4) is 17.4 Å². The molecule has 0 fully saturated rings. The van der Waals surface area contributed by atoms with E-state index in [0.717, 1.165) is 29.3 Å². The van der Waals surface area contributed by atoms with Crippen LogP contribution in [0.25, 0.3) is 0 Å². The molecule has 0 bridgehead atoms. The molecule has 28 heavy (non-hydrogen) atoms. The van der Waals surface area contributed by atoms with E-state index in [1.54, 1.807) is 13.3 Å². The van der Waals surface area contributed by atoms with Crippen LogP contribution in [0.15, 0.2) is 66.9 Å². The van der Waals surface area contributed by atoms with Gasteiger partial charge < -0.3 is 19.1 Å². The second kappa shape index (κ2) is 9.76. The minimum absolute atomic E-state index is 0.538. The number of rotatable bonds is 9. The number of pyridine rings is 1. The van der Waals surface area contributed by atoms with Crippen molar-refractivity contribution in [1.82, 2.24) is 4.98 Å². The minimum Gasteiger partial charge on any atom is -0.491 e. The molecule has 0 saturated carbocycles. The Labute approximate surface area is 166 Å². The lowest BCUT2D eigenvalue weighted by Crippen LogP contribution is -2.11. The van der Waals surface area contributed by atoms with E-state index in [1.807, 2.05) is 49.5 Å². The van der Waals surface area contributed by atoms with Crippen LogP contribution in [-0.2, 0) is 11.2 Å². The topological polar surface area (TPSA) is 43.8 Å². The molecule has 1 aromatic heterocycles. The molecule has 0 amide bonds. The summed E-state index contributed by atoms with van der Waals surface area (Å²) in [4.78, 5) is 6.30. The number of aromatic nitrogens is 1. The van der Waals surface area contributed by atoms with Crippen LogP contribution in [0.3, 0.4) is 0 Å². The van der Waals surface area contributed by atoms with Gasteiger partial charge in [0.2, 0.25) is 5.88 Å². The molecular weight excluding hydrogens is 352 g/mol. The zero-order chi connectivity index (χ0) is 19.8. The molecule has 1 heterocycles. The first-order chi connectivity index (χ1) is 13.7. The van der Waals surface area contributed by atoms with Gasteiger partial charge in [-0.2, -0.15) is 0 Å². The normalized spacial score (nSPS) is 10.5. The van der Waals surface area contributed by atoms with Crippen LogP contribution in [0, 0.1) is 0 Å². The molecule has 0 unspecified atom stereocenters. The second-order valence-electron chi connectivity index (χ2n) is 6.31. The van der Waals surface area contributed by atoms with Crippen LogP contribution in [0.1, 0.15) is 12.5 Å². The SMILES string of the molecule is CCc1ccc(N(C)c2ccc(Oc3ccccn3)cc2)cc1OCCOC. The number of ether oxygens (including phenoxy) is 3. The first-order valence-corrected chi connectivity index (χ1v) is 9.38. The lowest BCUT2D eigenvalue weighted by atomic mass is 10.1. The Morgan fingerprint density at radius 1 is 0.929 bits per heavy atom. The van der Waals surface area contributed by atoms with Crippen molar-refractivity contribution in [2.45, 2.75) is 13.3 Å². The summed E-state index contributed by atoms with van der Waals surface area (Å²) in [6.45, 7) is 3.24. The smallest absolute Gasteiger partial charge is 0.219 e. The van der Waals surface area contributed by atoms with Crippen molar-refractivity contribution in [2.75, 3.05) is 32.3 Å². The van der Waals surface area contributed by atoms with Crippen LogP contribution in [0.5, 0.6) is 17.4 Å². The molecule has 3 aromatic rings. The summed E-state index contributed by atoms with van der Waals surface area (Å²) in [5.74, 6) is 2.23. The monoisotopic (exact) mass is 378 g/mol.